The third kappa shape index (κ3) is 3.85. The third-order valence-corrected chi connectivity index (χ3v) is 4.75. The van der Waals surface area contributed by atoms with Gasteiger partial charge in [0.05, 0.1) is 13.2 Å². The molecule has 2 aliphatic heterocycles. The molecule has 2 amide bonds. The van der Waals surface area contributed by atoms with Crippen LogP contribution < -0.4 is 10.2 Å². The first-order valence-corrected chi connectivity index (χ1v) is 8.61. The molecule has 0 atom stereocenters. The summed E-state index contributed by atoms with van der Waals surface area (Å²) < 4.78 is 5.35. The fourth-order valence-electron chi connectivity index (χ4n) is 3.53. The lowest BCUT2D eigenvalue weighted by Crippen LogP contribution is -2.46. The number of carbonyl (C=O) groups excluding carboxylic acids is 1. The predicted molar refractivity (Wildman–Crippen MR) is 92.2 cm³/mol. The van der Waals surface area contributed by atoms with Crippen molar-refractivity contribution in [3.8, 4) is 0 Å². The van der Waals surface area contributed by atoms with Gasteiger partial charge in [0, 0.05) is 38.4 Å². The fourth-order valence-corrected chi connectivity index (χ4v) is 3.53. The highest BCUT2D eigenvalue weighted by molar-refractivity contribution is 5.93. The Labute approximate surface area is 138 Å². The van der Waals surface area contributed by atoms with Crippen LogP contribution in [0.2, 0.25) is 0 Å². The van der Waals surface area contributed by atoms with E-state index in [1.165, 1.54) is 16.7 Å². The number of aryl methyl sites for hydroxylation is 2. The molecule has 0 saturated carbocycles. The topological polar surface area (TPSA) is 44.8 Å². The van der Waals surface area contributed by atoms with Crippen LogP contribution in [0.25, 0.3) is 0 Å². The van der Waals surface area contributed by atoms with E-state index in [-0.39, 0.29) is 6.03 Å². The minimum atomic E-state index is 0.0317. The Hall–Kier alpha value is -1.59. The van der Waals surface area contributed by atoms with Crippen molar-refractivity contribution in [2.75, 3.05) is 50.8 Å². The second-order valence-electron chi connectivity index (χ2n) is 6.52. The second-order valence-corrected chi connectivity index (χ2v) is 6.52. The number of nitrogens with zero attached hydrogens (tertiary/aromatic N) is 2. The van der Waals surface area contributed by atoms with E-state index in [9.17, 15) is 4.79 Å². The Morgan fingerprint density at radius 1 is 1.22 bits per heavy atom. The SMILES string of the molecule is Cc1cc(C)c2c(c1)N(C(=O)NCCN1CCOCC1)CCC2. The van der Waals surface area contributed by atoms with Gasteiger partial charge in [-0.05, 0) is 49.4 Å². The lowest BCUT2D eigenvalue weighted by atomic mass is 9.95. The van der Waals surface area contributed by atoms with E-state index in [0.29, 0.717) is 6.54 Å². The number of hydrogen-bond acceptors (Lipinski definition) is 3. The molecule has 0 aliphatic carbocycles. The molecule has 5 heteroatoms. The van der Waals surface area contributed by atoms with E-state index in [1.807, 2.05) is 4.90 Å². The number of nitrogens with one attached hydrogen (secondary N) is 1. The van der Waals surface area contributed by atoms with Crippen LogP contribution in [0.3, 0.4) is 0 Å². The third-order valence-electron chi connectivity index (χ3n) is 4.75. The summed E-state index contributed by atoms with van der Waals surface area (Å²) in [5.74, 6) is 0. The van der Waals surface area contributed by atoms with Crippen LogP contribution in [0, 0.1) is 13.8 Å². The van der Waals surface area contributed by atoms with Crippen molar-refractivity contribution in [2.24, 2.45) is 0 Å². The lowest BCUT2D eigenvalue weighted by Gasteiger charge is -2.32. The minimum absolute atomic E-state index is 0.0317. The first-order chi connectivity index (χ1) is 11.1. The first-order valence-electron chi connectivity index (χ1n) is 8.61. The number of ether oxygens (including phenoxy) is 1. The van der Waals surface area contributed by atoms with Gasteiger partial charge in [-0.15, -0.1) is 0 Å². The summed E-state index contributed by atoms with van der Waals surface area (Å²) in [6, 6.07) is 4.38. The number of rotatable bonds is 3. The predicted octanol–water partition coefficient (Wildman–Crippen LogP) is 2.10. The van der Waals surface area contributed by atoms with Gasteiger partial charge in [0.2, 0.25) is 0 Å². The maximum Gasteiger partial charge on any atom is 0.321 e. The summed E-state index contributed by atoms with van der Waals surface area (Å²) in [5, 5.41) is 3.08. The lowest BCUT2D eigenvalue weighted by molar-refractivity contribution is 0.0387. The van der Waals surface area contributed by atoms with E-state index in [0.717, 1.165) is 57.9 Å². The monoisotopic (exact) mass is 317 g/mol. The van der Waals surface area contributed by atoms with E-state index < -0.39 is 0 Å². The Balaban J connectivity index is 1.60. The zero-order valence-corrected chi connectivity index (χ0v) is 14.2. The molecule has 2 heterocycles. The summed E-state index contributed by atoms with van der Waals surface area (Å²) in [5.41, 5.74) is 4.93. The number of carbonyl (C=O) groups is 1. The van der Waals surface area contributed by atoms with Crippen LogP contribution in [0.5, 0.6) is 0 Å². The molecule has 23 heavy (non-hydrogen) atoms. The summed E-state index contributed by atoms with van der Waals surface area (Å²) in [6.07, 6.45) is 2.10. The Morgan fingerprint density at radius 2 is 2.00 bits per heavy atom. The van der Waals surface area contributed by atoms with Crippen molar-refractivity contribution in [3.05, 3.63) is 28.8 Å². The largest absolute Gasteiger partial charge is 0.379 e. The van der Waals surface area contributed by atoms with Gasteiger partial charge >= 0.3 is 6.03 Å². The van der Waals surface area contributed by atoms with E-state index >= 15 is 0 Å². The van der Waals surface area contributed by atoms with Crippen molar-refractivity contribution in [1.29, 1.82) is 0 Å². The van der Waals surface area contributed by atoms with Crippen molar-refractivity contribution >= 4 is 11.7 Å². The first kappa shape index (κ1) is 16.3. The normalized spacial score (nSPS) is 18.6. The standard InChI is InChI=1S/C18H27N3O2/c1-14-12-15(2)16-4-3-6-21(17(16)13-14)18(22)19-5-7-20-8-10-23-11-9-20/h12-13H,3-11H2,1-2H3,(H,19,22). The molecule has 0 bridgehead atoms. The highest BCUT2D eigenvalue weighted by Gasteiger charge is 2.23. The molecule has 1 aromatic carbocycles. The molecule has 3 rings (SSSR count). The van der Waals surface area contributed by atoms with Gasteiger partial charge in [-0.1, -0.05) is 6.07 Å². The van der Waals surface area contributed by atoms with Crippen LogP contribution >= 0.6 is 0 Å². The van der Waals surface area contributed by atoms with Crippen molar-refractivity contribution in [3.63, 3.8) is 0 Å². The van der Waals surface area contributed by atoms with Gasteiger partial charge in [0.25, 0.3) is 0 Å². The van der Waals surface area contributed by atoms with E-state index in [1.54, 1.807) is 0 Å². The zero-order chi connectivity index (χ0) is 16.2. The molecule has 1 saturated heterocycles. The van der Waals surface area contributed by atoms with Gasteiger partial charge in [-0.2, -0.15) is 0 Å². The Bertz CT molecular complexity index is 568. The highest BCUT2D eigenvalue weighted by Crippen LogP contribution is 2.31. The zero-order valence-electron chi connectivity index (χ0n) is 14.2. The van der Waals surface area contributed by atoms with Crippen LogP contribution in [0.1, 0.15) is 23.1 Å². The molecule has 2 aliphatic rings. The summed E-state index contributed by atoms with van der Waals surface area (Å²) >= 11 is 0. The quantitative estimate of drug-likeness (QED) is 0.928. The average molecular weight is 317 g/mol. The van der Waals surface area contributed by atoms with Gasteiger partial charge < -0.3 is 10.1 Å². The van der Waals surface area contributed by atoms with Gasteiger partial charge in [-0.3, -0.25) is 9.80 Å². The summed E-state index contributed by atoms with van der Waals surface area (Å²) in [4.78, 5) is 16.8. The number of amides is 2. The van der Waals surface area contributed by atoms with Crippen molar-refractivity contribution in [1.82, 2.24) is 10.2 Å². The average Bonchev–Trinajstić information content (AvgIpc) is 2.55. The smallest absolute Gasteiger partial charge is 0.321 e. The van der Waals surface area contributed by atoms with Crippen molar-refractivity contribution < 1.29 is 9.53 Å². The van der Waals surface area contributed by atoms with Crippen LogP contribution in [-0.2, 0) is 11.2 Å². The summed E-state index contributed by atoms with van der Waals surface area (Å²) in [6.45, 7) is 10.1. The Kier molecular flexibility index (Phi) is 5.18. The second kappa shape index (κ2) is 7.32. The molecule has 0 spiro atoms. The van der Waals surface area contributed by atoms with Crippen LogP contribution in [0.15, 0.2) is 12.1 Å². The maximum atomic E-state index is 12.6. The van der Waals surface area contributed by atoms with Gasteiger partial charge in [0.15, 0.2) is 0 Å². The molecule has 1 aromatic rings. The van der Waals surface area contributed by atoms with Gasteiger partial charge in [0.1, 0.15) is 0 Å². The highest BCUT2D eigenvalue weighted by atomic mass is 16.5. The van der Waals surface area contributed by atoms with E-state index in [4.69, 9.17) is 4.74 Å². The fraction of sp³-hybridized carbons (Fsp3) is 0.611. The minimum Gasteiger partial charge on any atom is -0.379 e. The van der Waals surface area contributed by atoms with E-state index in [2.05, 4.69) is 36.2 Å². The molecular weight excluding hydrogens is 290 g/mol. The van der Waals surface area contributed by atoms with Crippen LogP contribution in [0.4, 0.5) is 10.5 Å². The molecule has 5 nitrogen and oxygen atoms in total. The molecule has 1 N–H and O–H groups in total. The van der Waals surface area contributed by atoms with Crippen LogP contribution in [-0.4, -0.2) is 56.9 Å². The number of fused-ring (bicyclic) bond motifs is 1. The summed E-state index contributed by atoms with van der Waals surface area (Å²) in [7, 11) is 0. The molecular formula is C18H27N3O2. The van der Waals surface area contributed by atoms with Gasteiger partial charge in [-0.25, -0.2) is 4.79 Å². The number of morpholine rings is 1. The van der Waals surface area contributed by atoms with Crippen molar-refractivity contribution in [2.45, 2.75) is 26.7 Å². The molecule has 0 unspecified atom stereocenters. The Morgan fingerprint density at radius 3 is 2.78 bits per heavy atom. The number of urea groups is 1. The molecule has 0 aromatic heterocycles. The number of benzene rings is 1. The molecule has 0 radical (unpaired) electrons. The molecule has 126 valence electrons. The number of hydrogen-bond donors (Lipinski definition) is 1. The number of anilines is 1. The molecule has 1 fully saturated rings. The maximum absolute atomic E-state index is 12.6.